The van der Waals surface area contributed by atoms with Crippen LogP contribution < -0.4 is 10.1 Å². The fourth-order valence-corrected chi connectivity index (χ4v) is 4.63. The number of nitrogens with zero attached hydrogens (tertiary/aromatic N) is 2. The summed E-state index contributed by atoms with van der Waals surface area (Å²) in [6, 6.07) is 14.8. The van der Waals surface area contributed by atoms with Gasteiger partial charge in [-0.15, -0.1) is 0 Å². The quantitative estimate of drug-likeness (QED) is 0.494. The van der Waals surface area contributed by atoms with Gasteiger partial charge in [-0.05, 0) is 57.0 Å². The van der Waals surface area contributed by atoms with Gasteiger partial charge in [0.1, 0.15) is 11.8 Å². The fraction of sp³-hybridized carbons (Fsp3) is 0.440. The van der Waals surface area contributed by atoms with Gasteiger partial charge in [-0.1, -0.05) is 30.3 Å². The molecule has 0 radical (unpaired) electrons. The zero-order valence-corrected chi connectivity index (χ0v) is 21.3. The van der Waals surface area contributed by atoms with Gasteiger partial charge in [0.25, 0.3) is 0 Å². The Balaban J connectivity index is 2.08. The van der Waals surface area contributed by atoms with Crippen LogP contribution in [0.5, 0.6) is 5.75 Å². The molecule has 0 aliphatic carbocycles. The number of sulfonamides is 1. The molecule has 0 saturated heterocycles. The topological polar surface area (TPSA) is 96.0 Å². The van der Waals surface area contributed by atoms with E-state index in [0.717, 1.165) is 5.56 Å². The van der Waals surface area contributed by atoms with E-state index in [1.807, 2.05) is 26.0 Å². The average molecular weight is 490 g/mol. The number of nitrogens with one attached hydrogen (secondary N) is 1. The standard InChI is InChI=1S/C25H35N3O5S/c1-19(2)26-25(30)20(3)28(18-21-13-15-22(33-5)16-14-21)24(29)12-9-17-27(4)34(31,32)23-10-7-6-8-11-23/h6-8,10-11,13-16,19-20H,9,12,17-18H2,1-5H3,(H,26,30)/t20-/m0/s1. The lowest BCUT2D eigenvalue weighted by molar-refractivity contribution is -0.140. The Morgan fingerprint density at radius 2 is 1.62 bits per heavy atom. The summed E-state index contributed by atoms with van der Waals surface area (Å²) in [5.74, 6) is 0.253. The van der Waals surface area contributed by atoms with Crippen molar-refractivity contribution in [2.75, 3.05) is 20.7 Å². The Morgan fingerprint density at radius 1 is 1.00 bits per heavy atom. The lowest BCUT2D eigenvalue weighted by atomic mass is 10.1. The monoisotopic (exact) mass is 489 g/mol. The second-order valence-corrected chi connectivity index (χ2v) is 10.5. The number of ether oxygens (including phenoxy) is 1. The first kappa shape index (κ1) is 27.3. The highest BCUT2D eigenvalue weighted by Gasteiger charge is 2.27. The third-order valence-electron chi connectivity index (χ3n) is 5.43. The number of rotatable bonds is 12. The normalized spacial score (nSPS) is 12.4. The van der Waals surface area contributed by atoms with E-state index in [2.05, 4.69) is 5.32 Å². The van der Waals surface area contributed by atoms with E-state index in [0.29, 0.717) is 12.2 Å². The van der Waals surface area contributed by atoms with E-state index < -0.39 is 16.1 Å². The van der Waals surface area contributed by atoms with Crippen molar-refractivity contribution in [3.8, 4) is 5.75 Å². The average Bonchev–Trinajstić information content (AvgIpc) is 2.82. The summed E-state index contributed by atoms with van der Waals surface area (Å²) in [6.45, 7) is 5.87. The zero-order chi connectivity index (χ0) is 25.3. The van der Waals surface area contributed by atoms with Gasteiger partial charge in [0.2, 0.25) is 21.8 Å². The first-order chi connectivity index (χ1) is 16.1. The summed E-state index contributed by atoms with van der Waals surface area (Å²) in [7, 11) is -0.541. The van der Waals surface area contributed by atoms with E-state index in [4.69, 9.17) is 4.74 Å². The van der Waals surface area contributed by atoms with E-state index in [9.17, 15) is 18.0 Å². The summed E-state index contributed by atoms with van der Waals surface area (Å²) in [4.78, 5) is 27.5. The first-order valence-corrected chi connectivity index (χ1v) is 12.7. The predicted octanol–water partition coefficient (Wildman–Crippen LogP) is 3.04. The maximum absolute atomic E-state index is 13.2. The van der Waals surface area contributed by atoms with Crippen molar-refractivity contribution in [2.24, 2.45) is 0 Å². The molecule has 8 nitrogen and oxygen atoms in total. The highest BCUT2D eigenvalue weighted by molar-refractivity contribution is 7.89. The number of benzene rings is 2. The molecule has 186 valence electrons. The van der Waals surface area contributed by atoms with Crippen LogP contribution in [0.15, 0.2) is 59.5 Å². The molecule has 1 N–H and O–H groups in total. The van der Waals surface area contributed by atoms with Crippen LogP contribution in [0.4, 0.5) is 0 Å². The van der Waals surface area contributed by atoms with Crippen LogP contribution in [-0.4, -0.2) is 62.2 Å². The van der Waals surface area contributed by atoms with E-state index in [1.165, 1.54) is 16.3 Å². The Morgan fingerprint density at radius 3 is 2.18 bits per heavy atom. The number of carbonyl (C=O) groups is 2. The molecule has 0 unspecified atom stereocenters. The zero-order valence-electron chi connectivity index (χ0n) is 20.5. The van der Waals surface area contributed by atoms with Gasteiger partial charge in [0, 0.05) is 32.6 Å². The minimum Gasteiger partial charge on any atom is -0.497 e. The van der Waals surface area contributed by atoms with Crippen LogP contribution in [0.25, 0.3) is 0 Å². The van der Waals surface area contributed by atoms with Crippen molar-refractivity contribution in [3.63, 3.8) is 0 Å². The van der Waals surface area contributed by atoms with Crippen LogP contribution in [-0.2, 0) is 26.2 Å². The van der Waals surface area contributed by atoms with Crippen molar-refractivity contribution in [3.05, 3.63) is 60.2 Å². The summed E-state index contributed by atoms with van der Waals surface area (Å²) in [5, 5.41) is 2.85. The molecule has 34 heavy (non-hydrogen) atoms. The van der Waals surface area contributed by atoms with E-state index in [1.54, 1.807) is 56.5 Å². The Labute approximate surface area is 202 Å². The SMILES string of the molecule is COc1ccc(CN(C(=O)CCCN(C)S(=O)(=O)c2ccccc2)[C@@H](C)C(=O)NC(C)C)cc1. The van der Waals surface area contributed by atoms with Crippen molar-refractivity contribution in [1.82, 2.24) is 14.5 Å². The summed E-state index contributed by atoms with van der Waals surface area (Å²) in [5.41, 5.74) is 0.863. The van der Waals surface area contributed by atoms with Gasteiger partial charge in [-0.3, -0.25) is 9.59 Å². The van der Waals surface area contributed by atoms with Crippen LogP contribution in [0.2, 0.25) is 0 Å². The van der Waals surface area contributed by atoms with Crippen LogP contribution in [0.1, 0.15) is 39.2 Å². The summed E-state index contributed by atoms with van der Waals surface area (Å²) in [6.07, 6.45) is 0.448. The van der Waals surface area contributed by atoms with Crippen LogP contribution in [0.3, 0.4) is 0 Å². The minimum atomic E-state index is -3.62. The van der Waals surface area contributed by atoms with Crippen LogP contribution >= 0.6 is 0 Å². The first-order valence-electron chi connectivity index (χ1n) is 11.3. The highest BCUT2D eigenvalue weighted by atomic mass is 32.2. The Bertz CT molecular complexity index is 1040. The third-order valence-corrected chi connectivity index (χ3v) is 7.30. The molecular formula is C25H35N3O5S. The number of amides is 2. The fourth-order valence-electron chi connectivity index (χ4n) is 3.40. The van der Waals surface area contributed by atoms with E-state index >= 15 is 0 Å². The van der Waals surface area contributed by atoms with Gasteiger partial charge in [-0.2, -0.15) is 0 Å². The molecule has 0 spiro atoms. The number of carbonyl (C=O) groups excluding carboxylic acids is 2. The maximum Gasteiger partial charge on any atom is 0.242 e. The van der Waals surface area contributed by atoms with Gasteiger partial charge < -0.3 is 15.0 Å². The molecule has 2 aromatic rings. The molecule has 0 aromatic heterocycles. The molecule has 0 bridgehead atoms. The van der Waals surface area contributed by atoms with Crippen molar-refractivity contribution >= 4 is 21.8 Å². The maximum atomic E-state index is 13.2. The van der Waals surface area contributed by atoms with Gasteiger partial charge in [0.05, 0.1) is 12.0 Å². The Kier molecular flexibility index (Phi) is 10.1. The lowest BCUT2D eigenvalue weighted by Gasteiger charge is -2.29. The van der Waals surface area contributed by atoms with E-state index in [-0.39, 0.29) is 42.3 Å². The largest absolute Gasteiger partial charge is 0.497 e. The number of hydrogen-bond acceptors (Lipinski definition) is 5. The Hall–Kier alpha value is -2.91. The molecule has 0 saturated carbocycles. The third kappa shape index (κ3) is 7.56. The van der Waals surface area contributed by atoms with Crippen LogP contribution in [0, 0.1) is 0 Å². The number of hydrogen-bond donors (Lipinski definition) is 1. The number of methoxy groups -OCH3 is 1. The second kappa shape index (κ2) is 12.5. The molecule has 9 heteroatoms. The molecule has 1 atom stereocenters. The molecule has 2 rings (SSSR count). The van der Waals surface area contributed by atoms with Gasteiger partial charge >= 0.3 is 0 Å². The van der Waals surface area contributed by atoms with Gasteiger partial charge in [-0.25, -0.2) is 12.7 Å². The van der Waals surface area contributed by atoms with Crippen molar-refractivity contribution in [1.29, 1.82) is 0 Å². The molecule has 0 aliphatic rings. The predicted molar refractivity (Wildman–Crippen MR) is 132 cm³/mol. The lowest BCUT2D eigenvalue weighted by Crippen LogP contribution is -2.49. The molecule has 0 heterocycles. The second-order valence-electron chi connectivity index (χ2n) is 8.45. The van der Waals surface area contributed by atoms with Crippen molar-refractivity contribution in [2.45, 2.75) is 57.1 Å². The molecule has 2 aromatic carbocycles. The van der Waals surface area contributed by atoms with Crippen molar-refractivity contribution < 1.29 is 22.7 Å². The summed E-state index contributed by atoms with van der Waals surface area (Å²) >= 11 is 0. The molecule has 0 aliphatic heterocycles. The molecule has 2 amide bonds. The smallest absolute Gasteiger partial charge is 0.242 e. The minimum absolute atomic E-state index is 0.0512. The molecule has 0 fully saturated rings. The molecular weight excluding hydrogens is 454 g/mol. The van der Waals surface area contributed by atoms with Gasteiger partial charge in [0.15, 0.2) is 0 Å². The summed E-state index contributed by atoms with van der Waals surface area (Å²) < 4.78 is 31.8. The highest BCUT2D eigenvalue weighted by Crippen LogP contribution is 2.17.